The number of hydrogen-bond acceptors (Lipinski definition) is 6. The quantitative estimate of drug-likeness (QED) is 0.264. The zero-order valence-corrected chi connectivity index (χ0v) is 25.9. The molecule has 0 radical (unpaired) electrons. The largest absolute Gasteiger partial charge is 0.493 e. The van der Waals surface area contributed by atoms with Gasteiger partial charge in [0.15, 0.2) is 11.6 Å². The molecule has 40 heavy (non-hydrogen) atoms. The third-order valence-electron chi connectivity index (χ3n) is 6.84. The van der Waals surface area contributed by atoms with E-state index in [0.717, 1.165) is 43.2 Å². The number of imidazole rings is 1. The Morgan fingerprint density at radius 2 is 1.93 bits per heavy atom. The number of anilines is 1. The summed E-state index contributed by atoms with van der Waals surface area (Å²) in [6.45, 7) is 17.8. The van der Waals surface area contributed by atoms with Gasteiger partial charge in [-0.05, 0) is 77.5 Å². The molecule has 1 saturated heterocycles. The summed E-state index contributed by atoms with van der Waals surface area (Å²) in [5.74, 6) is 1.69. The number of hydrogen-bond donors (Lipinski definition) is 1. The van der Waals surface area contributed by atoms with E-state index >= 15 is 0 Å². The Labute approximate surface area is 240 Å². The van der Waals surface area contributed by atoms with Gasteiger partial charge in [0, 0.05) is 61.6 Å². The summed E-state index contributed by atoms with van der Waals surface area (Å²) in [6, 6.07) is 0.997. The van der Waals surface area contributed by atoms with Gasteiger partial charge in [0.25, 0.3) is 0 Å². The van der Waals surface area contributed by atoms with Gasteiger partial charge >= 0.3 is 6.04 Å². The smallest absolute Gasteiger partial charge is 0.301 e. The number of carbonyl (C=O) groups excluding carboxylic acids is 1. The van der Waals surface area contributed by atoms with Gasteiger partial charge < -0.3 is 19.5 Å². The third kappa shape index (κ3) is 10.2. The Hall–Kier alpha value is -3.00. The van der Waals surface area contributed by atoms with E-state index in [4.69, 9.17) is 4.74 Å². The van der Waals surface area contributed by atoms with Gasteiger partial charge in [0.1, 0.15) is 0 Å². The molecule has 3 heterocycles. The fourth-order valence-corrected chi connectivity index (χ4v) is 4.81. The maximum Gasteiger partial charge on any atom is 0.301 e. The fraction of sp³-hybridized carbons (Fsp3) is 0.594. The molecule has 1 saturated carbocycles. The Bertz CT molecular complexity index is 1150. The van der Waals surface area contributed by atoms with Gasteiger partial charge in [0.2, 0.25) is 0 Å². The molecule has 7 nitrogen and oxygen atoms in total. The molecule has 2 aromatic rings. The molecule has 1 aliphatic heterocycles. The van der Waals surface area contributed by atoms with E-state index in [9.17, 15) is 9.18 Å². The highest BCUT2D eigenvalue weighted by atomic mass is 19.1. The number of carbonyl (C=O) groups is 1. The molecule has 0 atom stereocenters. The van der Waals surface area contributed by atoms with E-state index < -0.39 is 6.04 Å². The van der Waals surface area contributed by atoms with Gasteiger partial charge in [0.05, 0.1) is 12.8 Å². The number of aromatic nitrogens is 3. The molecule has 2 aromatic heterocycles. The predicted molar refractivity (Wildman–Crippen MR) is 164 cm³/mol. The van der Waals surface area contributed by atoms with Gasteiger partial charge in [-0.1, -0.05) is 32.8 Å². The zero-order chi connectivity index (χ0) is 29.7. The Balaban J connectivity index is 0.000000235. The Kier molecular flexibility index (Phi) is 13.5. The van der Waals surface area contributed by atoms with Crippen LogP contribution in [-0.4, -0.2) is 52.9 Å². The van der Waals surface area contributed by atoms with E-state index in [1.54, 1.807) is 14.0 Å². The second-order valence-electron chi connectivity index (χ2n) is 10.9. The monoisotopic (exact) mass is 555 g/mol. The van der Waals surface area contributed by atoms with E-state index in [1.165, 1.54) is 48.3 Å². The normalized spacial score (nSPS) is 15.4. The van der Waals surface area contributed by atoms with Crippen molar-refractivity contribution >= 4 is 23.7 Å². The highest BCUT2D eigenvalue weighted by Gasteiger charge is 2.45. The fourth-order valence-electron chi connectivity index (χ4n) is 4.81. The lowest BCUT2D eigenvalue weighted by Gasteiger charge is -2.37. The number of allylic oxidation sites excluding steroid dienone is 2. The molecule has 8 heteroatoms. The van der Waals surface area contributed by atoms with Crippen LogP contribution < -0.4 is 10.2 Å². The van der Waals surface area contributed by atoms with Crippen molar-refractivity contribution in [3.8, 4) is 0 Å². The first-order chi connectivity index (χ1) is 19.1. The van der Waals surface area contributed by atoms with E-state index in [0.29, 0.717) is 12.0 Å². The minimum Gasteiger partial charge on any atom is -0.493 e. The Morgan fingerprint density at radius 3 is 2.45 bits per heavy atom. The summed E-state index contributed by atoms with van der Waals surface area (Å²) in [7, 11) is 1.68. The number of pyridine rings is 1. The first kappa shape index (κ1) is 33.2. The molecule has 0 amide bonds. The molecular formula is C32H50FN5O2. The lowest BCUT2D eigenvalue weighted by Crippen LogP contribution is -2.52. The summed E-state index contributed by atoms with van der Waals surface area (Å²) < 4.78 is 18.4. The van der Waals surface area contributed by atoms with Crippen LogP contribution in [0.5, 0.6) is 0 Å². The van der Waals surface area contributed by atoms with Crippen LogP contribution in [0.2, 0.25) is 0 Å². The number of piperazine rings is 1. The number of rotatable bonds is 9. The Morgan fingerprint density at radius 1 is 1.20 bits per heavy atom. The summed E-state index contributed by atoms with van der Waals surface area (Å²) in [6.07, 6.45) is 14.7. The van der Waals surface area contributed by atoms with Crippen molar-refractivity contribution in [3.05, 3.63) is 52.9 Å². The molecule has 4 rings (SSSR count). The van der Waals surface area contributed by atoms with Gasteiger partial charge in [-0.25, -0.2) is 4.98 Å². The van der Waals surface area contributed by atoms with Crippen molar-refractivity contribution < 1.29 is 13.9 Å². The van der Waals surface area contributed by atoms with Crippen LogP contribution >= 0.6 is 0 Å². The molecule has 0 unspecified atom stereocenters. The first-order valence-corrected chi connectivity index (χ1v) is 14.7. The lowest BCUT2D eigenvalue weighted by atomic mass is 10.0. The highest BCUT2D eigenvalue weighted by Crippen LogP contribution is 2.39. The van der Waals surface area contributed by atoms with Crippen LogP contribution in [0.1, 0.15) is 95.9 Å². The minimum atomic E-state index is -1.21. The van der Waals surface area contributed by atoms with Gasteiger partial charge in [-0.15, -0.1) is 0 Å². The maximum absolute atomic E-state index is 11.1. The topological polar surface area (TPSA) is 72.3 Å². The molecule has 0 bridgehead atoms. The van der Waals surface area contributed by atoms with Crippen LogP contribution in [-0.2, 0) is 16.0 Å². The summed E-state index contributed by atoms with van der Waals surface area (Å²) >= 11 is 0. The SMILES string of the molecule is CC/C=C(\OC)c1nc(C)cn1C=C(C)C.CCCC(=O)F.CCCc1c(N2CCNC3(CC3)C2)ccnc1C. The number of methoxy groups -OCH3 is 1. The minimum absolute atomic E-state index is 0.0694. The van der Waals surface area contributed by atoms with Gasteiger partial charge in [-0.2, -0.15) is 4.39 Å². The van der Waals surface area contributed by atoms with Crippen LogP contribution in [0.25, 0.3) is 12.0 Å². The van der Waals surface area contributed by atoms with Crippen molar-refractivity contribution in [3.63, 3.8) is 0 Å². The number of nitrogens with one attached hydrogen (secondary N) is 1. The second kappa shape index (κ2) is 16.3. The average Bonchev–Trinajstić information content (AvgIpc) is 3.54. The van der Waals surface area contributed by atoms with E-state index in [-0.39, 0.29) is 6.42 Å². The molecule has 1 aliphatic carbocycles. The number of halogens is 1. The summed E-state index contributed by atoms with van der Waals surface area (Å²) in [5, 5.41) is 3.68. The van der Waals surface area contributed by atoms with Crippen molar-refractivity contribution in [1.82, 2.24) is 19.9 Å². The van der Waals surface area contributed by atoms with Gasteiger partial charge in [-0.3, -0.25) is 9.78 Å². The number of ether oxygens (including phenoxy) is 1. The van der Waals surface area contributed by atoms with Crippen LogP contribution in [0.3, 0.4) is 0 Å². The molecule has 222 valence electrons. The van der Waals surface area contributed by atoms with Crippen LogP contribution in [0.4, 0.5) is 10.1 Å². The van der Waals surface area contributed by atoms with E-state index in [1.807, 2.05) is 30.0 Å². The summed E-state index contributed by atoms with van der Waals surface area (Å²) in [4.78, 5) is 20.9. The zero-order valence-electron chi connectivity index (χ0n) is 25.9. The van der Waals surface area contributed by atoms with Crippen molar-refractivity contribution in [2.45, 2.75) is 99.0 Å². The maximum atomic E-state index is 11.1. The van der Waals surface area contributed by atoms with Crippen molar-refractivity contribution in [2.75, 3.05) is 31.6 Å². The number of aryl methyl sites for hydroxylation is 2. The molecule has 1 spiro atoms. The third-order valence-corrected chi connectivity index (χ3v) is 6.84. The van der Waals surface area contributed by atoms with E-state index in [2.05, 4.69) is 67.1 Å². The predicted octanol–water partition coefficient (Wildman–Crippen LogP) is 7.04. The summed E-state index contributed by atoms with van der Waals surface area (Å²) in [5.41, 5.74) is 6.75. The first-order valence-electron chi connectivity index (χ1n) is 14.7. The van der Waals surface area contributed by atoms with Crippen molar-refractivity contribution in [2.24, 2.45) is 0 Å². The second-order valence-corrected chi connectivity index (χ2v) is 10.9. The lowest BCUT2D eigenvalue weighted by molar-refractivity contribution is -0.129. The molecule has 0 aromatic carbocycles. The van der Waals surface area contributed by atoms with Crippen LogP contribution in [0.15, 0.2) is 30.1 Å². The number of nitrogens with zero attached hydrogens (tertiary/aromatic N) is 4. The molecular weight excluding hydrogens is 505 g/mol. The average molecular weight is 556 g/mol. The molecule has 2 fully saturated rings. The highest BCUT2D eigenvalue weighted by molar-refractivity contribution is 5.67. The van der Waals surface area contributed by atoms with Crippen molar-refractivity contribution in [1.29, 1.82) is 0 Å². The van der Waals surface area contributed by atoms with Crippen LogP contribution in [0, 0.1) is 13.8 Å². The standard InChI is InChI=1S/C15H23N3.C13H20N2O.C4H7FO/c1-3-4-13-12(2)16-8-5-14(13)18-10-9-17-15(11-18)6-7-15;1-6-7-12(16-5)13-14-11(4)9-15(13)8-10(2)3;1-2-3-4(5)6/h5,8,17H,3-4,6-7,9-11H2,1-2H3;7-9H,6H2,1-5H3;2-3H2,1H3/b;12-7-;. The molecule has 1 N–H and O–H groups in total. The molecule has 2 aliphatic rings.